The first kappa shape index (κ1) is 19.5. The van der Waals surface area contributed by atoms with Gasteiger partial charge >= 0.3 is 0 Å². The minimum absolute atomic E-state index is 0.0562. The van der Waals surface area contributed by atoms with E-state index in [4.69, 9.17) is 11.6 Å². The number of piperazine rings is 1. The highest BCUT2D eigenvalue weighted by atomic mass is 35.5. The van der Waals surface area contributed by atoms with Gasteiger partial charge in [-0.1, -0.05) is 41.9 Å². The molecule has 1 saturated heterocycles. The van der Waals surface area contributed by atoms with Crippen LogP contribution in [-0.4, -0.2) is 47.8 Å². The Hall–Kier alpha value is -2.79. The van der Waals surface area contributed by atoms with E-state index >= 15 is 0 Å². The normalized spacial score (nSPS) is 18.6. The molecule has 0 spiro atoms. The van der Waals surface area contributed by atoms with Crippen LogP contribution in [0.4, 0.5) is 5.69 Å². The number of amides is 2. The molecular formula is C23H24ClN3O2. The Kier molecular flexibility index (Phi) is 5.58. The summed E-state index contributed by atoms with van der Waals surface area (Å²) in [5.41, 5.74) is 3.17. The van der Waals surface area contributed by atoms with Gasteiger partial charge in [-0.3, -0.25) is 9.59 Å². The van der Waals surface area contributed by atoms with Gasteiger partial charge < -0.3 is 14.7 Å². The van der Waals surface area contributed by atoms with E-state index in [0.717, 1.165) is 29.9 Å². The molecule has 1 fully saturated rings. The Morgan fingerprint density at radius 3 is 2.52 bits per heavy atom. The number of nitrogens with zero attached hydrogens (tertiary/aromatic N) is 3. The van der Waals surface area contributed by atoms with Crippen LogP contribution in [0, 0.1) is 0 Å². The van der Waals surface area contributed by atoms with E-state index < -0.39 is 0 Å². The van der Waals surface area contributed by atoms with Crippen LogP contribution in [0.1, 0.15) is 30.5 Å². The topological polar surface area (TPSA) is 43.9 Å². The standard InChI is InChI=1S/C23H24ClN3O2/c1-17(28)27-10-9-18-5-2-3-8-21(18)22(27)16-23(29)26-13-11-25(12-14-26)20-7-4-6-19(24)15-20/h2-10,15,22H,11-14,16H2,1H3/t22-/m0/s1. The molecule has 6 heteroatoms. The lowest BCUT2D eigenvalue weighted by Gasteiger charge is -2.38. The number of benzene rings is 2. The Bertz CT molecular complexity index is 951. The molecule has 2 aliphatic rings. The molecule has 29 heavy (non-hydrogen) atoms. The van der Waals surface area contributed by atoms with Crippen molar-refractivity contribution in [3.05, 3.63) is 70.9 Å². The molecule has 150 valence electrons. The largest absolute Gasteiger partial charge is 0.368 e. The average Bonchev–Trinajstić information content (AvgIpc) is 2.74. The maximum atomic E-state index is 13.1. The summed E-state index contributed by atoms with van der Waals surface area (Å²) in [6, 6.07) is 15.5. The fourth-order valence-corrected chi connectivity index (χ4v) is 4.28. The minimum Gasteiger partial charge on any atom is -0.368 e. The molecule has 4 rings (SSSR count). The zero-order valence-corrected chi connectivity index (χ0v) is 17.2. The Labute approximate surface area is 176 Å². The first-order chi connectivity index (χ1) is 14.0. The number of hydrogen-bond donors (Lipinski definition) is 0. The number of rotatable bonds is 3. The van der Waals surface area contributed by atoms with Gasteiger partial charge in [0.2, 0.25) is 11.8 Å². The summed E-state index contributed by atoms with van der Waals surface area (Å²) in [6.45, 7) is 4.40. The maximum absolute atomic E-state index is 13.1. The molecule has 0 aromatic heterocycles. The van der Waals surface area contributed by atoms with Crippen LogP contribution >= 0.6 is 11.6 Å². The van der Waals surface area contributed by atoms with Gasteiger partial charge in [-0.2, -0.15) is 0 Å². The lowest BCUT2D eigenvalue weighted by Crippen LogP contribution is -2.49. The quantitative estimate of drug-likeness (QED) is 0.770. The molecule has 2 amide bonds. The molecule has 0 radical (unpaired) electrons. The second kappa shape index (κ2) is 8.29. The molecule has 0 aliphatic carbocycles. The van der Waals surface area contributed by atoms with Crippen LogP contribution in [-0.2, 0) is 9.59 Å². The smallest absolute Gasteiger partial charge is 0.225 e. The number of carbonyl (C=O) groups excluding carboxylic acids is 2. The lowest BCUT2D eigenvalue weighted by molar-refractivity contribution is -0.134. The van der Waals surface area contributed by atoms with E-state index in [1.165, 1.54) is 0 Å². The van der Waals surface area contributed by atoms with E-state index in [0.29, 0.717) is 18.1 Å². The monoisotopic (exact) mass is 409 g/mol. The van der Waals surface area contributed by atoms with Gasteiger partial charge in [0.05, 0.1) is 12.5 Å². The molecule has 0 bridgehead atoms. The van der Waals surface area contributed by atoms with Gasteiger partial charge in [-0.15, -0.1) is 0 Å². The second-order valence-corrected chi connectivity index (χ2v) is 7.88. The van der Waals surface area contributed by atoms with Crippen molar-refractivity contribution < 1.29 is 9.59 Å². The zero-order valence-electron chi connectivity index (χ0n) is 16.4. The summed E-state index contributed by atoms with van der Waals surface area (Å²) in [5.74, 6) is 0.0245. The first-order valence-corrected chi connectivity index (χ1v) is 10.2. The Balaban J connectivity index is 1.44. The van der Waals surface area contributed by atoms with E-state index in [2.05, 4.69) is 4.90 Å². The third kappa shape index (κ3) is 4.15. The summed E-state index contributed by atoms with van der Waals surface area (Å²) in [6.07, 6.45) is 4.01. The highest BCUT2D eigenvalue weighted by molar-refractivity contribution is 6.30. The van der Waals surface area contributed by atoms with E-state index in [9.17, 15) is 9.59 Å². The molecule has 2 aliphatic heterocycles. The molecule has 2 heterocycles. The van der Waals surface area contributed by atoms with Crippen LogP contribution in [0.25, 0.3) is 6.08 Å². The van der Waals surface area contributed by atoms with Crippen LogP contribution in [0.3, 0.4) is 0 Å². The van der Waals surface area contributed by atoms with Gasteiger partial charge in [-0.05, 0) is 35.4 Å². The first-order valence-electron chi connectivity index (χ1n) is 9.87. The predicted octanol–water partition coefficient (Wildman–Crippen LogP) is 3.95. The summed E-state index contributed by atoms with van der Waals surface area (Å²) in [5, 5.41) is 0.717. The van der Waals surface area contributed by atoms with Crippen molar-refractivity contribution in [3.8, 4) is 0 Å². The summed E-state index contributed by atoms with van der Waals surface area (Å²) in [4.78, 5) is 31.0. The molecule has 2 aromatic rings. The van der Waals surface area contributed by atoms with Crippen LogP contribution in [0.15, 0.2) is 54.7 Å². The van der Waals surface area contributed by atoms with Gasteiger partial charge in [-0.25, -0.2) is 0 Å². The van der Waals surface area contributed by atoms with Crippen molar-refractivity contribution in [1.29, 1.82) is 0 Å². The number of carbonyl (C=O) groups is 2. The van der Waals surface area contributed by atoms with E-state index in [1.54, 1.807) is 18.0 Å². The minimum atomic E-state index is -0.257. The van der Waals surface area contributed by atoms with Gasteiger partial charge in [0.1, 0.15) is 0 Å². The van der Waals surface area contributed by atoms with Crippen molar-refractivity contribution in [3.63, 3.8) is 0 Å². The molecule has 0 unspecified atom stereocenters. The van der Waals surface area contributed by atoms with Crippen LogP contribution in [0.5, 0.6) is 0 Å². The molecule has 5 nitrogen and oxygen atoms in total. The van der Waals surface area contributed by atoms with E-state index in [-0.39, 0.29) is 24.3 Å². The highest BCUT2D eigenvalue weighted by Gasteiger charge is 2.31. The lowest BCUT2D eigenvalue weighted by atomic mass is 9.93. The number of hydrogen-bond acceptors (Lipinski definition) is 3. The van der Waals surface area contributed by atoms with Crippen molar-refractivity contribution in [2.75, 3.05) is 31.1 Å². The van der Waals surface area contributed by atoms with Crippen LogP contribution < -0.4 is 4.90 Å². The third-order valence-corrected chi connectivity index (χ3v) is 5.88. The summed E-state index contributed by atoms with van der Waals surface area (Å²) < 4.78 is 0. The molecule has 0 N–H and O–H groups in total. The number of halogens is 1. The Morgan fingerprint density at radius 1 is 1.03 bits per heavy atom. The number of anilines is 1. The fourth-order valence-electron chi connectivity index (χ4n) is 4.09. The summed E-state index contributed by atoms with van der Waals surface area (Å²) in [7, 11) is 0. The fraction of sp³-hybridized carbons (Fsp3) is 0.304. The van der Waals surface area contributed by atoms with Crippen molar-refractivity contribution >= 4 is 35.2 Å². The zero-order chi connectivity index (χ0) is 20.4. The van der Waals surface area contributed by atoms with Gasteiger partial charge in [0.15, 0.2) is 0 Å². The number of fused-ring (bicyclic) bond motifs is 1. The molecule has 1 atom stereocenters. The highest BCUT2D eigenvalue weighted by Crippen LogP contribution is 2.33. The summed E-state index contributed by atoms with van der Waals surface area (Å²) >= 11 is 6.10. The molecule has 2 aromatic carbocycles. The molecule has 0 saturated carbocycles. The van der Waals surface area contributed by atoms with Crippen molar-refractivity contribution in [2.45, 2.75) is 19.4 Å². The van der Waals surface area contributed by atoms with E-state index in [1.807, 2.05) is 59.5 Å². The van der Waals surface area contributed by atoms with Crippen LogP contribution in [0.2, 0.25) is 5.02 Å². The Morgan fingerprint density at radius 2 is 1.79 bits per heavy atom. The molecular weight excluding hydrogens is 386 g/mol. The predicted molar refractivity (Wildman–Crippen MR) is 116 cm³/mol. The SMILES string of the molecule is CC(=O)N1C=Cc2ccccc2[C@@H]1CC(=O)N1CCN(c2cccc(Cl)c2)CC1. The van der Waals surface area contributed by atoms with Crippen molar-refractivity contribution in [2.24, 2.45) is 0 Å². The maximum Gasteiger partial charge on any atom is 0.225 e. The van der Waals surface area contributed by atoms with Gasteiger partial charge in [0, 0.05) is 50.0 Å². The van der Waals surface area contributed by atoms with Gasteiger partial charge in [0.25, 0.3) is 0 Å². The second-order valence-electron chi connectivity index (χ2n) is 7.44. The average molecular weight is 410 g/mol. The third-order valence-electron chi connectivity index (χ3n) is 5.64. The van der Waals surface area contributed by atoms with Crippen molar-refractivity contribution in [1.82, 2.24) is 9.80 Å².